The molecule has 1 aliphatic rings. The molecule has 0 bridgehead atoms. The summed E-state index contributed by atoms with van der Waals surface area (Å²) in [5, 5.41) is 4.22. The Hall–Kier alpha value is -2.24. The third-order valence-electron chi connectivity index (χ3n) is 1.97. The number of urea groups is 1. The van der Waals surface area contributed by atoms with Crippen molar-refractivity contribution in [3.63, 3.8) is 0 Å². The van der Waals surface area contributed by atoms with Crippen molar-refractivity contribution in [1.29, 1.82) is 0 Å². The lowest BCUT2D eigenvalue weighted by Crippen LogP contribution is -2.22. The molecular formula is C10H6F2N2O2. The third-order valence-corrected chi connectivity index (χ3v) is 1.97. The number of amides is 3. The molecule has 0 spiro atoms. The summed E-state index contributed by atoms with van der Waals surface area (Å²) in [6.07, 6.45) is 1.25. The lowest BCUT2D eigenvalue weighted by Gasteiger charge is -1.97. The Kier molecular flexibility index (Phi) is 2.40. The van der Waals surface area contributed by atoms with Crippen LogP contribution in [0.5, 0.6) is 0 Å². The van der Waals surface area contributed by atoms with Crippen molar-refractivity contribution in [2.75, 3.05) is 0 Å². The Morgan fingerprint density at radius 2 is 1.81 bits per heavy atom. The van der Waals surface area contributed by atoms with Gasteiger partial charge in [0.1, 0.15) is 5.70 Å². The second-order valence-electron chi connectivity index (χ2n) is 3.14. The highest BCUT2D eigenvalue weighted by molar-refractivity contribution is 6.13. The van der Waals surface area contributed by atoms with E-state index < -0.39 is 23.6 Å². The normalized spacial score (nSPS) is 17.5. The van der Waals surface area contributed by atoms with Crippen LogP contribution in [0.2, 0.25) is 0 Å². The fourth-order valence-electron chi connectivity index (χ4n) is 1.25. The molecule has 1 aliphatic heterocycles. The van der Waals surface area contributed by atoms with E-state index in [1.165, 1.54) is 12.1 Å². The topological polar surface area (TPSA) is 58.2 Å². The number of carbonyl (C=O) groups excluding carboxylic acids is 2. The van der Waals surface area contributed by atoms with Gasteiger partial charge in [-0.1, -0.05) is 6.07 Å². The summed E-state index contributed by atoms with van der Waals surface area (Å²) in [5.74, 6) is -2.59. The van der Waals surface area contributed by atoms with Gasteiger partial charge < -0.3 is 5.32 Å². The Balaban J connectivity index is 2.32. The highest BCUT2D eigenvalue weighted by Crippen LogP contribution is 2.12. The van der Waals surface area contributed by atoms with Gasteiger partial charge in [-0.15, -0.1) is 0 Å². The van der Waals surface area contributed by atoms with E-state index in [1.54, 1.807) is 0 Å². The molecule has 4 nitrogen and oxygen atoms in total. The van der Waals surface area contributed by atoms with E-state index in [0.29, 0.717) is 0 Å². The standard InChI is InChI=1S/C10H6F2N2O2/c11-6-2-1-5(3-7(6)12)4-8-9(15)14-10(16)13-8/h1-4H,(H2,13,14,15,16). The molecule has 16 heavy (non-hydrogen) atoms. The summed E-state index contributed by atoms with van der Waals surface area (Å²) in [4.78, 5) is 21.9. The summed E-state index contributed by atoms with van der Waals surface area (Å²) in [6, 6.07) is 2.53. The van der Waals surface area contributed by atoms with Gasteiger partial charge in [0.25, 0.3) is 5.91 Å². The first-order valence-electron chi connectivity index (χ1n) is 4.35. The molecule has 0 aromatic heterocycles. The van der Waals surface area contributed by atoms with E-state index in [9.17, 15) is 18.4 Å². The van der Waals surface area contributed by atoms with E-state index >= 15 is 0 Å². The molecule has 6 heteroatoms. The Bertz CT molecular complexity index is 512. The number of carbonyl (C=O) groups is 2. The van der Waals surface area contributed by atoms with Crippen LogP contribution in [-0.4, -0.2) is 11.9 Å². The van der Waals surface area contributed by atoms with Crippen LogP contribution in [0.4, 0.5) is 13.6 Å². The highest BCUT2D eigenvalue weighted by Gasteiger charge is 2.22. The molecule has 1 fully saturated rings. The molecule has 0 unspecified atom stereocenters. The fourth-order valence-corrected chi connectivity index (χ4v) is 1.25. The van der Waals surface area contributed by atoms with E-state index in [2.05, 4.69) is 5.32 Å². The molecular weight excluding hydrogens is 218 g/mol. The van der Waals surface area contributed by atoms with Crippen molar-refractivity contribution >= 4 is 18.0 Å². The van der Waals surface area contributed by atoms with E-state index in [-0.39, 0.29) is 11.3 Å². The van der Waals surface area contributed by atoms with Crippen molar-refractivity contribution in [2.24, 2.45) is 0 Å². The first kappa shape index (κ1) is 10.3. The van der Waals surface area contributed by atoms with Crippen molar-refractivity contribution < 1.29 is 18.4 Å². The largest absolute Gasteiger partial charge is 0.326 e. The smallest absolute Gasteiger partial charge is 0.303 e. The van der Waals surface area contributed by atoms with Crippen LogP contribution in [0.3, 0.4) is 0 Å². The molecule has 82 valence electrons. The van der Waals surface area contributed by atoms with Crippen molar-refractivity contribution in [1.82, 2.24) is 10.6 Å². The molecule has 1 aromatic carbocycles. The number of hydrogen-bond acceptors (Lipinski definition) is 2. The molecule has 0 atom stereocenters. The summed E-state index contributed by atoms with van der Waals surface area (Å²) in [5.41, 5.74) is 0.280. The first-order chi connectivity index (χ1) is 7.56. The first-order valence-corrected chi connectivity index (χ1v) is 4.35. The number of imide groups is 1. The number of rotatable bonds is 1. The summed E-state index contributed by atoms with van der Waals surface area (Å²) in [7, 11) is 0. The van der Waals surface area contributed by atoms with Gasteiger partial charge in [0.2, 0.25) is 0 Å². The number of nitrogens with one attached hydrogen (secondary N) is 2. The fraction of sp³-hybridized carbons (Fsp3) is 0. The molecule has 3 amide bonds. The van der Waals surface area contributed by atoms with Gasteiger partial charge in [0, 0.05) is 0 Å². The van der Waals surface area contributed by atoms with Gasteiger partial charge >= 0.3 is 6.03 Å². The van der Waals surface area contributed by atoms with Gasteiger partial charge in [-0.2, -0.15) is 0 Å². The van der Waals surface area contributed by atoms with Crippen LogP contribution in [0.1, 0.15) is 5.56 Å². The van der Waals surface area contributed by atoms with Crippen LogP contribution >= 0.6 is 0 Å². The summed E-state index contributed by atoms with van der Waals surface area (Å²) in [6.45, 7) is 0. The maximum Gasteiger partial charge on any atom is 0.326 e. The zero-order valence-corrected chi connectivity index (χ0v) is 7.88. The predicted octanol–water partition coefficient (Wildman–Crippen LogP) is 1.15. The molecule has 1 saturated heterocycles. The predicted molar refractivity (Wildman–Crippen MR) is 51.0 cm³/mol. The zero-order chi connectivity index (χ0) is 11.7. The second kappa shape index (κ2) is 3.73. The van der Waals surface area contributed by atoms with E-state index in [1.807, 2.05) is 5.32 Å². The van der Waals surface area contributed by atoms with Crippen molar-refractivity contribution in [3.05, 3.63) is 41.1 Å². The van der Waals surface area contributed by atoms with E-state index in [4.69, 9.17) is 0 Å². The maximum atomic E-state index is 12.8. The lowest BCUT2D eigenvalue weighted by atomic mass is 10.2. The van der Waals surface area contributed by atoms with Crippen molar-refractivity contribution in [3.8, 4) is 0 Å². The minimum Gasteiger partial charge on any atom is -0.303 e. The van der Waals surface area contributed by atoms with E-state index in [0.717, 1.165) is 12.1 Å². The Morgan fingerprint density at radius 1 is 1.06 bits per heavy atom. The molecule has 2 rings (SSSR count). The number of benzene rings is 1. The zero-order valence-electron chi connectivity index (χ0n) is 7.88. The van der Waals surface area contributed by atoms with Gasteiger partial charge in [-0.3, -0.25) is 10.1 Å². The molecule has 0 aliphatic carbocycles. The number of hydrogen-bond donors (Lipinski definition) is 2. The van der Waals surface area contributed by atoms with Gasteiger partial charge in [-0.25, -0.2) is 13.6 Å². The molecule has 1 aromatic rings. The lowest BCUT2D eigenvalue weighted by molar-refractivity contribution is -0.115. The Morgan fingerprint density at radius 3 is 2.38 bits per heavy atom. The van der Waals surface area contributed by atoms with Crippen LogP contribution in [0, 0.1) is 11.6 Å². The quantitative estimate of drug-likeness (QED) is 0.555. The second-order valence-corrected chi connectivity index (χ2v) is 3.14. The molecule has 1 heterocycles. The van der Waals surface area contributed by atoms with Gasteiger partial charge in [0.05, 0.1) is 0 Å². The van der Waals surface area contributed by atoms with Gasteiger partial charge in [0.15, 0.2) is 11.6 Å². The molecule has 0 saturated carbocycles. The van der Waals surface area contributed by atoms with Crippen LogP contribution in [0.25, 0.3) is 6.08 Å². The molecule has 0 radical (unpaired) electrons. The molecule has 2 N–H and O–H groups in total. The van der Waals surface area contributed by atoms with Gasteiger partial charge in [-0.05, 0) is 23.8 Å². The average Bonchev–Trinajstić information content (AvgIpc) is 2.51. The summed E-state index contributed by atoms with van der Waals surface area (Å²) < 4.78 is 25.4. The van der Waals surface area contributed by atoms with Crippen LogP contribution < -0.4 is 10.6 Å². The highest BCUT2D eigenvalue weighted by atomic mass is 19.2. The number of halogens is 2. The van der Waals surface area contributed by atoms with Crippen LogP contribution in [0.15, 0.2) is 23.9 Å². The summed E-state index contributed by atoms with van der Waals surface area (Å²) >= 11 is 0. The monoisotopic (exact) mass is 224 g/mol. The third kappa shape index (κ3) is 1.90. The van der Waals surface area contributed by atoms with Crippen LogP contribution in [-0.2, 0) is 4.79 Å². The van der Waals surface area contributed by atoms with Crippen molar-refractivity contribution in [2.45, 2.75) is 0 Å². The SMILES string of the molecule is O=C1NC(=O)C(=Cc2ccc(F)c(F)c2)N1. The maximum absolute atomic E-state index is 12.8. The average molecular weight is 224 g/mol. The Labute approximate surface area is 88.9 Å². The minimum atomic E-state index is -1.01. The minimum absolute atomic E-state index is 0.00370.